The molecule has 11 nitrogen and oxygen atoms in total. The first-order valence-corrected chi connectivity index (χ1v) is 11.8. The molecule has 0 spiro atoms. The highest BCUT2D eigenvalue weighted by atomic mass is 19.4. The van der Waals surface area contributed by atoms with Gasteiger partial charge in [0.1, 0.15) is 11.4 Å². The van der Waals surface area contributed by atoms with Crippen molar-refractivity contribution in [3.8, 4) is 17.1 Å². The average Bonchev–Trinajstić information content (AvgIpc) is 3.20. The quantitative estimate of drug-likeness (QED) is 0.304. The summed E-state index contributed by atoms with van der Waals surface area (Å²) in [4.78, 5) is 32.6. The fraction of sp³-hybridized carbons (Fsp3) is 0.320. The van der Waals surface area contributed by atoms with E-state index in [1.54, 1.807) is 16.8 Å². The maximum atomic E-state index is 12.3. The Hall–Kier alpha value is -4.46. The predicted octanol–water partition coefficient (Wildman–Crippen LogP) is 2.81. The molecule has 1 aliphatic heterocycles. The first-order valence-electron chi connectivity index (χ1n) is 11.8. The number of hydrogen-bond acceptors (Lipinski definition) is 8. The molecule has 1 fully saturated rings. The number of primary amides is 1. The second-order valence-corrected chi connectivity index (χ2v) is 9.37. The van der Waals surface area contributed by atoms with Crippen LogP contribution in [0.3, 0.4) is 0 Å². The van der Waals surface area contributed by atoms with Crippen molar-refractivity contribution in [2.75, 3.05) is 18.0 Å². The molecule has 0 bridgehead atoms. The molecule has 4 aromatic rings. The van der Waals surface area contributed by atoms with Crippen molar-refractivity contribution < 1.29 is 33.0 Å². The fourth-order valence-corrected chi connectivity index (χ4v) is 4.52. The number of carbonyl (C=O) groups excluding carboxylic acids is 1. The number of carboxylic acid groups (broad SMARTS) is 1. The number of hydrogen-bond donors (Lipinski definition) is 4. The van der Waals surface area contributed by atoms with E-state index in [2.05, 4.69) is 39.1 Å². The van der Waals surface area contributed by atoms with Crippen LogP contribution in [0.4, 0.5) is 18.9 Å². The largest absolute Gasteiger partial charge is 0.507 e. The SMILES string of the molecule is C[C@@H]1CN(c2ccc3nc(-c4cc5cn(C)nc5cc4O)nc(C(N)=O)c3c2)C[C@H](C)N1.O=C(O)C(F)(F)F. The second kappa shape index (κ2) is 10.4. The number of aryl methyl sites for hydroxylation is 1. The molecular weight excluding hydrogens is 519 g/mol. The minimum atomic E-state index is -5.08. The van der Waals surface area contributed by atoms with Gasteiger partial charge in [0.15, 0.2) is 5.82 Å². The van der Waals surface area contributed by atoms with Crippen molar-refractivity contribution in [1.82, 2.24) is 25.1 Å². The monoisotopic (exact) mass is 545 g/mol. The van der Waals surface area contributed by atoms with Crippen LogP contribution in [-0.2, 0) is 11.8 Å². The second-order valence-electron chi connectivity index (χ2n) is 9.37. The van der Waals surface area contributed by atoms with E-state index >= 15 is 0 Å². The third kappa shape index (κ3) is 6.00. The zero-order chi connectivity index (χ0) is 28.6. The number of amides is 1. The predicted molar refractivity (Wildman–Crippen MR) is 137 cm³/mol. The van der Waals surface area contributed by atoms with E-state index in [9.17, 15) is 23.1 Å². The molecule has 14 heteroatoms. The lowest BCUT2D eigenvalue weighted by Crippen LogP contribution is -2.54. The number of rotatable bonds is 3. The number of nitrogens with two attached hydrogens (primary N) is 1. The van der Waals surface area contributed by atoms with Gasteiger partial charge in [-0.3, -0.25) is 9.48 Å². The van der Waals surface area contributed by atoms with E-state index in [0.29, 0.717) is 34.1 Å². The molecule has 1 amide bonds. The Kier molecular flexibility index (Phi) is 7.33. The van der Waals surface area contributed by atoms with E-state index in [1.165, 1.54) is 0 Å². The lowest BCUT2D eigenvalue weighted by atomic mass is 10.1. The number of fused-ring (bicyclic) bond motifs is 2. The number of aromatic hydroxyl groups is 1. The molecule has 2 atom stereocenters. The highest BCUT2D eigenvalue weighted by Gasteiger charge is 2.38. The molecule has 5 rings (SSSR count). The molecular formula is C25H26F3N7O4. The van der Waals surface area contributed by atoms with Crippen molar-refractivity contribution in [1.29, 1.82) is 0 Å². The van der Waals surface area contributed by atoms with Crippen LogP contribution in [0.25, 0.3) is 33.2 Å². The Morgan fingerprint density at radius 1 is 1.08 bits per heavy atom. The number of halogens is 3. The Bertz CT molecular complexity index is 1560. The summed E-state index contributed by atoms with van der Waals surface area (Å²) in [6.45, 7) is 6.03. The molecule has 5 N–H and O–H groups in total. The van der Waals surface area contributed by atoms with Gasteiger partial charge in [-0.1, -0.05) is 0 Å². The number of alkyl halides is 3. The van der Waals surface area contributed by atoms with E-state index in [-0.39, 0.29) is 17.3 Å². The number of phenols is 1. The van der Waals surface area contributed by atoms with E-state index in [0.717, 1.165) is 24.2 Å². The Balaban J connectivity index is 0.000000448. The molecule has 1 aliphatic rings. The van der Waals surface area contributed by atoms with Gasteiger partial charge in [-0.25, -0.2) is 14.8 Å². The van der Waals surface area contributed by atoms with Crippen molar-refractivity contribution >= 4 is 39.4 Å². The van der Waals surface area contributed by atoms with Gasteiger partial charge in [0.05, 0.1) is 16.6 Å². The van der Waals surface area contributed by atoms with E-state index in [1.807, 2.05) is 31.4 Å². The van der Waals surface area contributed by atoms with Gasteiger partial charge in [-0.05, 0) is 38.1 Å². The van der Waals surface area contributed by atoms with Gasteiger partial charge in [0.2, 0.25) is 0 Å². The number of carboxylic acids is 1. The summed E-state index contributed by atoms with van der Waals surface area (Å²) in [6, 6.07) is 9.84. The fourth-order valence-electron chi connectivity index (χ4n) is 4.52. The van der Waals surface area contributed by atoms with Crippen LogP contribution in [-0.4, -0.2) is 73.2 Å². The van der Waals surface area contributed by atoms with Gasteiger partial charge >= 0.3 is 12.1 Å². The Morgan fingerprint density at radius 2 is 1.72 bits per heavy atom. The number of carbonyl (C=O) groups is 2. The van der Waals surface area contributed by atoms with Crippen LogP contribution in [0.5, 0.6) is 5.75 Å². The lowest BCUT2D eigenvalue weighted by molar-refractivity contribution is -0.192. The summed E-state index contributed by atoms with van der Waals surface area (Å²) in [5.41, 5.74) is 8.51. The summed E-state index contributed by atoms with van der Waals surface area (Å²) in [6.07, 6.45) is -3.24. The van der Waals surface area contributed by atoms with Gasteiger partial charge < -0.3 is 26.2 Å². The number of piperazine rings is 1. The smallest absolute Gasteiger partial charge is 0.490 e. The first-order chi connectivity index (χ1) is 18.2. The third-order valence-corrected chi connectivity index (χ3v) is 6.06. The van der Waals surface area contributed by atoms with Gasteiger partial charge in [0.25, 0.3) is 5.91 Å². The Morgan fingerprint density at radius 3 is 2.31 bits per heavy atom. The Labute approximate surface area is 220 Å². The molecule has 3 heterocycles. The molecule has 0 unspecified atom stereocenters. The number of nitrogens with zero attached hydrogens (tertiary/aromatic N) is 5. The van der Waals surface area contributed by atoms with Crippen molar-refractivity contribution in [2.45, 2.75) is 32.1 Å². The van der Waals surface area contributed by atoms with Gasteiger partial charge in [-0.15, -0.1) is 0 Å². The molecule has 1 saturated heterocycles. The molecule has 0 radical (unpaired) electrons. The number of aliphatic carboxylic acids is 1. The topological polar surface area (TPSA) is 159 Å². The molecule has 0 aliphatic carbocycles. The highest BCUT2D eigenvalue weighted by Crippen LogP contribution is 2.33. The maximum absolute atomic E-state index is 12.3. The van der Waals surface area contributed by atoms with Crippen molar-refractivity contribution in [3.63, 3.8) is 0 Å². The summed E-state index contributed by atoms with van der Waals surface area (Å²) >= 11 is 0. The minimum Gasteiger partial charge on any atom is -0.507 e. The summed E-state index contributed by atoms with van der Waals surface area (Å²) < 4.78 is 33.4. The van der Waals surface area contributed by atoms with Crippen molar-refractivity contribution in [2.24, 2.45) is 12.8 Å². The van der Waals surface area contributed by atoms with E-state index < -0.39 is 18.1 Å². The third-order valence-electron chi connectivity index (χ3n) is 6.06. The summed E-state index contributed by atoms with van der Waals surface area (Å²) in [7, 11) is 1.81. The van der Waals surface area contributed by atoms with Crippen molar-refractivity contribution in [3.05, 3.63) is 42.2 Å². The normalized spacial score (nSPS) is 17.6. The zero-order valence-electron chi connectivity index (χ0n) is 21.2. The first kappa shape index (κ1) is 27.6. The number of phenolic OH excluding ortho intramolecular Hbond substituents is 1. The van der Waals surface area contributed by atoms with Crippen LogP contribution in [0.2, 0.25) is 0 Å². The molecule has 206 valence electrons. The minimum absolute atomic E-state index is 0.00798. The standard InChI is InChI=1S/C23H25N7O2.C2HF3O2/c1-12-9-30(10-13(2)25-12)15-4-5-18-16(7-15)21(22(24)32)27-23(26-18)17-6-14-11-29(3)28-19(14)8-20(17)31;3-2(4,5)1(6)7/h4-8,11-13,25,31H,9-10H2,1-3H3,(H2,24,32);(H,6,7)/t12-,13+;. The maximum Gasteiger partial charge on any atom is 0.490 e. The molecule has 2 aromatic heterocycles. The van der Waals surface area contributed by atoms with Crippen LogP contribution in [0.15, 0.2) is 36.5 Å². The van der Waals surface area contributed by atoms with Crippen LogP contribution < -0.4 is 16.0 Å². The number of aromatic nitrogens is 4. The van der Waals surface area contributed by atoms with Crippen LogP contribution in [0, 0.1) is 0 Å². The number of benzene rings is 2. The summed E-state index contributed by atoms with van der Waals surface area (Å²) in [5.74, 6) is -3.16. The summed E-state index contributed by atoms with van der Waals surface area (Å²) in [5, 5.41) is 27.0. The molecule has 0 saturated carbocycles. The highest BCUT2D eigenvalue weighted by molar-refractivity contribution is 6.05. The number of anilines is 1. The van der Waals surface area contributed by atoms with Gasteiger partial charge in [0, 0.05) is 60.9 Å². The van der Waals surface area contributed by atoms with Crippen LogP contribution in [0.1, 0.15) is 24.3 Å². The number of nitrogens with one attached hydrogen (secondary N) is 1. The van der Waals surface area contributed by atoms with E-state index in [4.69, 9.17) is 15.6 Å². The lowest BCUT2D eigenvalue weighted by Gasteiger charge is -2.37. The van der Waals surface area contributed by atoms with Crippen LogP contribution >= 0.6 is 0 Å². The average molecular weight is 546 g/mol. The van der Waals surface area contributed by atoms with Gasteiger partial charge in [-0.2, -0.15) is 18.3 Å². The molecule has 39 heavy (non-hydrogen) atoms. The zero-order valence-corrected chi connectivity index (χ0v) is 21.2. The molecule has 2 aromatic carbocycles.